The normalized spacial score (nSPS) is 28.9. The van der Waals surface area contributed by atoms with Gasteiger partial charge in [-0.1, -0.05) is 27.7 Å². The molecule has 0 spiro atoms. The van der Waals surface area contributed by atoms with Crippen LogP contribution >= 0.6 is 27.7 Å². The number of amides is 1. The number of carbonyl (C=O) groups excluding carboxylic acids is 1. The number of aliphatic imine (C=N–C) groups is 1. The van der Waals surface area contributed by atoms with Crippen molar-refractivity contribution in [3.05, 3.63) is 28.7 Å². The predicted molar refractivity (Wildman–Crippen MR) is 88.6 cm³/mol. The zero-order chi connectivity index (χ0) is 15.2. The van der Waals surface area contributed by atoms with Crippen LogP contribution in [0, 0.1) is 0 Å². The van der Waals surface area contributed by atoms with E-state index in [0.717, 1.165) is 10.2 Å². The molecule has 5 nitrogen and oxygen atoms in total. The van der Waals surface area contributed by atoms with E-state index in [4.69, 9.17) is 0 Å². The van der Waals surface area contributed by atoms with Gasteiger partial charge in [-0.15, -0.1) is 0 Å². The van der Waals surface area contributed by atoms with Gasteiger partial charge in [0.25, 0.3) is 0 Å². The third-order valence-electron chi connectivity index (χ3n) is 3.42. The van der Waals surface area contributed by atoms with Gasteiger partial charge in [0.05, 0.1) is 17.5 Å². The van der Waals surface area contributed by atoms with Crippen molar-refractivity contribution in [1.29, 1.82) is 0 Å². The van der Waals surface area contributed by atoms with Gasteiger partial charge in [0.15, 0.2) is 15.0 Å². The Morgan fingerprint density at radius 1 is 1.33 bits per heavy atom. The molecule has 1 amide bonds. The number of hydrogen-bond acceptors (Lipinski definition) is 4. The first-order chi connectivity index (χ1) is 9.85. The van der Waals surface area contributed by atoms with Crippen LogP contribution in [0.5, 0.6) is 0 Å². The molecule has 1 aromatic rings. The van der Waals surface area contributed by atoms with Crippen molar-refractivity contribution < 1.29 is 13.2 Å². The summed E-state index contributed by atoms with van der Waals surface area (Å²) in [5, 5.41) is 0.534. The largest absolute Gasteiger partial charge is 0.316 e. The molecule has 21 heavy (non-hydrogen) atoms. The molecule has 0 radical (unpaired) electrons. The van der Waals surface area contributed by atoms with E-state index in [1.165, 1.54) is 18.7 Å². The number of fused-ring (bicyclic) bond motifs is 1. The van der Waals surface area contributed by atoms with Gasteiger partial charge >= 0.3 is 0 Å². The zero-order valence-electron chi connectivity index (χ0n) is 11.2. The number of nitrogens with zero attached hydrogens (tertiary/aromatic N) is 2. The minimum absolute atomic E-state index is 0.0586. The fourth-order valence-electron chi connectivity index (χ4n) is 2.60. The Kier molecular flexibility index (Phi) is 3.87. The Morgan fingerprint density at radius 2 is 2.00 bits per heavy atom. The number of carbonyl (C=O) groups is 1. The van der Waals surface area contributed by atoms with E-state index < -0.39 is 9.84 Å². The molecule has 2 aliphatic heterocycles. The molecule has 0 N–H and O–H groups in total. The molecule has 1 aromatic carbocycles. The van der Waals surface area contributed by atoms with E-state index >= 15 is 0 Å². The molecule has 0 aromatic heterocycles. The monoisotopic (exact) mass is 388 g/mol. The van der Waals surface area contributed by atoms with E-state index in [9.17, 15) is 13.2 Å². The number of amidine groups is 1. The van der Waals surface area contributed by atoms with Crippen LogP contribution in [0.2, 0.25) is 0 Å². The van der Waals surface area contributed by atoms with Crippen LogP contribution in [-0.4, -0.2) is 42.3 Å². The summed E-state index contributed by atoms with van der Waals surface area (Å²) in [6.07, 6.45) is 0. The van der Waals surface area contributed by atoms with Gasteiger partial charge in [-0.05, 0) is 24.3 Å². The summed E-state index contributed by atoms with van der Waals surface area (Å²) in [6, 6.07) is 7.42. The number of anilines is 1. The van der Waals surface area contributed by atoms with Gasteiger partial charge in [-0.3, -0.25) is 4.79 Å². The Hall–Kier alpha value is -0.860. The number of sulfone groups is 1. The fraction of sp³-hybridized carbons (Fsp3) is 0.385. The smallest absolute Gasteiger partial charge is 0.244 e. The van der Waals surface area contributed by atoms with Crippen LogP contribution in [0.15, 0.2) is 33.7 Å². The van der Waals surface area contributed by atoms with Crippen LogP contribution in [-0.2, 0) is 14.6 Å². The maximum atomic E-state index is 11.8. The number of halogens is 1. The Balaban J connectivity index is 2.02. The molecule has 2 atom stereocenters. The Bertz CT molecular complexity index is 715. The standard InChI is InChI=1S/C13H13BrN2O3S2/c1-8(17)15-13-16(10-4-2-9(14)3-5-10)11-6-21(18,19)7-12(11)20-13/h2-5,11-12H,6-7H2,1H3/t11-,12+/m0/s1. The summed E-state index contributed by atoms with van der Waals surface area (Å²) >= 11 is 4.76. The molecule has 0 bridgehead atoms. The van der Waals surface area contributed by atoms with Crippen molar-refractivity contribution in [2.24, 2.45) is 4.99 Å². The molecular weight excluding hydrogens is 376 g/mol. The molecule has 2 heterocycles. The third-order valence-corrected chi connectivity index (χ3v) is 7.16. The number of thioether (sulfide) groups is 1. The summed E-state index contributed by atoms with van der Waals surface area (Å²) in [5.74, 6) is -0.0216. The first-order valence-electron chi connectivity index (χ1n) is 6.37. The van der Waals surface area contributed by atoms with Gasteiger partial charge in [-0.2, -0.15) is 4.99 Å². The zero-order valence-corrected chi connectivity index (χ0v) is 14.4. The minimum atomic E-state index is -3.02. The summed E-state index contributed by atoms with van der Waals surface area (Å²) in [6.45, 7) is 1.40. The highest BCUT2D eigenvalue weighted by Gasteiger charge is 2.49. The first kappa shape index (κ1) is 15.1. The molecule has 0 aliphatic carbocycles. The van der Waals surface area contributed by atoms with Crippen LogP contribution in [0.25, 0.3) is 0 Å². The highest BCUT2D eigenvalue weighted by atomic mass is 79.9. The SMILES string of the molecule is CC(=O)N=C1S[C@@H]2CS(=O)(=O)C[C@@H]2N1c1ccc(Br)cc1. The van der Waals surface area contributed by atoms with Crippen molar-refractivity contribution in [2.75, 3.05) is 16.4 Å². The lowest BCUT2D eigenvalue weighted by molar-refractivity contribution is -0.115. The minimum Gasteiger partial charge on any atom is -0.316 e. The van der Waals surface area contributed by atoms with Gasteiger partial charge in [0.1, 0.15) is 0 Å². The van der Waals surface area contributed by atoms with Crippen molar-refractivity contribution >= 4 is 54.3 Å². The van der Waals surface area contributed by atoms with Gasteiger partial charge in [-0.25, -0.2) is 8.42 Å². The average Bonchev–Trinajstić information content (AvgIpc) is 2.81. The van der Waals surface area contributed by atoms with Crippen molar-refractivity contribution in [1.82, 2.24) is 0 Å². The molecule has 0 saturated carbocycles. The molecule has 2 fully saturated rings. The summed E-state index contributed by atoms with van der Waals surface area (Å²) in [7, 11) is -3.02. The van der Waals surface area contributed by atoms with E-state index in [2.05, 4.69) is 20.9 Å². The van der Waals surface area contributed by atoms with Gasteiger partial charge < -0.3 is 4.90 Å². The fourth-order valence-corrected chi connectivity index (χ4v) is 6.83. The summed E-state index contributed by atoms with van der Waals surface area (Å²) in [4.78, 5) is 17.3. The topological polar surface area (TPSA) is 66.8 Å². The van der Waals surface area contributed by atoms with Crippen molar-refractivity contribution in [3.63, 3.8) is 0 Å². The molecule has 2 aliphatic rings. The van der Waals surface area contributed by atoms with Crippen molar-refractivity contribution in [2.45, 2.75) is 18.2 Å². The second-order valence-corrected chi connectivity index (χ2v) is 9.34. The van der Waals surface area contributed by atoms with E-state index in [1.807, 2.05) is 29.2 Å². The number of hydrogen-bond donors (Lipinski definition) is 0. The second kappa shape index (κ2) is 5.40. The van der Waals surface area contributed by atoms with E-state index in [-0.39, 0.29) is 28.7 Å². The lowest BCUT2D eigenvalue weighted by Crippen LogP contribution is -2.37. The maximum Gasteiger partial charge on any atom is 0.244 e. The van der Waals surface area contributed by atoms with Crippen LogP contribution < -0.4 is 4.90 Å². The molecule has 8 heteroatoms. The highest BCUT2D eigenvalue weighted by molar-refractivity contribution is 9.10. The van der Waals surface area contributed by atoms with Crippen LogP contribution in [0.3, 0.4) is 0 Å². The first-order valence-corrected chi connectivity index (χ1v) is 9.86. The van der Waals surface area contributed by atoms with Gasteiger partial charge in [0.2, 0.25) is 5.91 Å². The van der Waals surface area contributed by atoms with Crippen molar-refractivity contribution in [3.8, 4) is 0 Å². The number of benzene rings is 1. The summed E-state index contributed by atoms with van der Waals surface area (Å²) in [5.41, 5.74) is 0.857. The third kappa shape index (κ3) is 3.02. The number of rotatable bonds is 1. The quantitative estimate of drug-likeness (QED) is 0.736. The lowest BCUT2D eigenvalue weighted by Gasteiger charge is -2.24. The predicted octanol–water partition coefficient (Wildman–Crippen LogP) is 2.07. The molecular formula is C13H13BrN2O3S2. The lowest BCUT2D eigenvalue weighted by atomic mass is 10.2. The highest BCUT2D eigenvalue weighted by Crippen LogP contribution is 2.41. The van der Waals surface area contributed by atoms with Crippen LogP contribution in [0.1, 0.15) is 6.92 Å². The van der Waals surface area contributed by atoms with E-state index in [1.54, 1.807) is 0 Å². The Morgan fingerprint density at radius 3 is 2.62 bits per heavy atom. The Labute approximate surface area is 135 Å². The summed E-state index contributed by atoms with van der Waals surface area (Å²) < 4.78 is 24.6. The molecule has 3 rings (SSSR count). The molecule has 0 unspecified atom stereocenters. The van der Waals surface area contributed by atoms with Crippen LogP contribution in [0.4, 0.5) is 5.69 Å². The maximum absolute atomic E-state index is 11.8. The average molecular weight is 389 g/mol. The van der Waals surface area contributed by atoms with Gasteiger partial charge in [0, 0.05) is 22.3 Å². The van der Waals surface area contributed by atoms with E-state index in [0.29, 0.717) is 5.17 Å². The molecule has 112 valence electrons. The second-order valence-electron chi connectivity index (χ2n) is 5.06. The molecule has 2 saturated heterocycles.